The molecule has 9 heteroatoms. The highest BCUT2D eigenvalue weighted by atomic mass is 19.4. The zero-order chi connectivity index (χ0) is 29.0. The molecule has 3 aromatic carbocycles. The summed E-state index contributed by atoms with van der Waals surface area (Å²) in [6.45, 7) is 1.96. The number of halogens is 4. The third-order valence-corrected chi connectivity index (χ3v) is 8.15. The third kappa shape index (κ3) is 6.30. The van der Waals surface area contributed by atoms with Gasteiger partial charge in [-0.2, -0.15) is 13.2 Å². The van der Waals surface area contributed by atoms with E-state index in [2.05, 4.69) is 10.2 Å². The second-order valence-electron chi connectivity index (χ2n) is 10.8. The van der Waals surface area contributed by atoms with E-state index in [4.69, 9.17) is 0 Å². The van der Waals surface area contributed by atoms with E-state index in [9.17, 15) is 27.2 Å². The van der Waals surface area contributed by atoms with E-state index in [-0.39, 0.29) is 18.1 Å². The average Bonchev–Trinajstić information content (AvgIpc) is 3.25. The first kappa shape index (κ1) is 28.8. The molecule has 5 nitrogen and oxygen atoms in total. The second kappa shape index (κ2) is 12.0. The van der Waals surface area contributed by atoms with Crippen LogP contribution in [0.5, 0.6) is 0 Å². The van der Waals surface area contributed by atoms with Gasteiger partial charge in [-0.1, -0.05) is 67.1 Å². The van der Waals surface area contributed by atoms with Gasteiger partial charge in [-0.3, -0.25) is 14.5 Å². The number of nitrogens with one attached hydrogen (secondary N) is 1. The molecule has 0 atom stereocenters. The Morgan fingerprint density at radius 1 is 0.829 bits per heavy atom. The largest absolute Gasteiger partial charge is 0.405 e. The van der Waals surface area contributed by atoms with Gasteiger partial charge in [0.15, 0.2) is 0 Å². The Morgan fingerprint density at radius 3 is 2.07 bits per heavy atom. The minimum absolute atomic E-state index is 0.0272. The fourth-order valence-electron chi connectivity index (χ4n) is 6.16. The summed E-state index contributed by atoms with van der Waals surface area (Å²) in [6, 6.07) is 21.0. The van der Waals surface area contributed by atoms with E-state index in [0.29, 0.717) is 44.6 Å². The predicted octanol–water partition coefficient (Wildman–Crippen LogP) is 5.33. The summed E-state index contributed by atoms with van der Waals surface area (Å²) in [5.74, 6) is -1.01. The van der Waals surface area contributed by atoms with Gasteiger partial charge >= 0.3 is 6.18 Å². The van der Waals surface area contributed by atoms with Crippen LogP contribution < -0.4 is 5.32 Å². The van der Waals surface area contributed by atoms with Gasteiger partial charge in [0.05, 0.1) is 6.42 Å². The van der Waals surface area contributed by atoms with Gasteiger partial charge in [0, 0.05) is 26.2 Å². The van der Waals surface area contributed by atoms with Crippen molar-refractivity contribution in [3.8, 4) is 11.1 Å². The Bertz CT molecular complexity index is 1350. The van der Waals surface area contributed by atoms with Gasteiger partial charge < -0.3 is 10.2 Å². The summed E-state index contributed by atoms with van der Waals surface area (Å²) in [5, 5.41) is 2.18. The quantitative estimate of drug-likeness (QED) is 0.281. The van der Waals surface area contributed by atoms with Crippen LogP contribution in [-0.2, 0) is 21.4 Å². The maximum atomic E-state index is 13.6. The van der Waals surface area contributed by atoms with Crippen molar-refractivity contribution >= 4 is 11.8 Å². The Morgan fingerprint density at radius 2 is 1.46 bits per heavy atom. The van der Waals surface area contributed by atoms with Crippen LogP contribution in [0, 0.1) is 5.82 Å². The summed E-state index contributed by atoms with van der Waals surface area (Å²) < 4.78 is 52.7. The minimum atomic E-state index is -4.50. The number of rotatable bonds is 9. The first-order chi connectivity index (χ1) is 19.7. The molecule has 1 fully saturated rings. The Labute approximate surface area is 237 Å². The molecule has 0 saturated carbocycles. The van der Waals surface area contributed by atoms with E-state index in [1.807, 2.05) is 48.5 Å². The van der Waals surface area contributed by atoms with Crippen LogP contribution in [-0.4, -0.2) is 67.1 Å². The Balaban J connectivity index is 1.21. The summed E-state index contributed by atoms with van der Waals surface area (Å²) in [4.78, 5) is 30.4. The first-order valence-corrected chi connectivity index (χ1v) is 14.0. The number of carbonyl (C=O) groups is 2. The summed E-state index contributed by atoms with van der Waals surface area (Å²) >= 11 is 0. The second-order valence-corrected chi connectivity index (χ2v) is 10.8. The van der Waals surface area contributed by atoms with Crippen LogP contribution in [0.2, 0.25) is 0 Å². The molecule has 41 heavy (non-hydrogen) atoms. The molecule has 0 radical (unpaired) electrons. The number of benzene rings is 3. The standard InChI is InChI=1S/C32H33F4N3O2/c33-24-9-7-8-23(20-24)21-29(40)39-18-16-38(17-19-39)15-6-5-14-31(30(41)37-22-32(34,35)36)27-12-3-1-10-25(27)26-11-2-4-13-28(26)31/h1-4,7-13,20H,5-6,14-19,21-22H2,(H,37,41). The lowest BCUT2D eigenvalue weighted by Gasteiger charge is -2.35. The molecule has 3 aromatic rings. The van der Waals surface area contributed by atoms with Crippen molar-refractivity contribution in [1.29, 1.82) is 0 Å². The molecular formula is C32H33F4N3O2. The average molecular weight is 568 g/mol. The molecule has 1 saturated heterocycles. The molecule has 1 aliphatic carbocycles. The molecule has 216 valence electrons. The molecule has 0 aromatic heterocycles. The van der Waals surface area contributed by atoms with E-state index in [0.717, 1.165) is 35.2 Å². The molecular weight excluding hydrogens is 534 g/mol. The van der Waals surface area contributed by atoms with Crippen molar-refractivity contribution in [2.75, 3.05) is 39.3 Å². The fourth-order valence-corrected chi connectivity index (χ4v) is 6.16. The van der Waals surface area contributed by atoms with Crippen molar-refractivity contribution in [1.82, 2.24) is 15.1 Å². The summed E-state index contributed by atoms with van der Waals surface area (Å²) in [5.41, 5.74) is 2.70. The van der Waals surface area contributed by atoms with Crippen molar-refractivity contribution in [2.24, 2.45) is 0 Å². The maximum Gasteiger partial charge on any atom is 0.405 e. The maximum absolute atomic E-state index is 13.6. The number of fused-ring (bicyclic) bond motifs is 3. The lowest BCUT2D eigenvalue weighted by molar-refractivity contribution is -0.141. The molecule has 1 N–H and O–H groups in total. The number of nitrogens with zero attached hydrogens (tertiary/aromatic N) is 2. The molecule has 2 amide bonds. The number of piperazine rings is 1. The predicted molar refractivity (Wildman–Crippen MR) is 149 cm³/mol. The van der Waals surface area contributed by atoms with Gasteiger partial charge in [-0.05, 0) is 59.3 Å². The number of amides is 2. The normalized spacial score (nSPS) is 16.2. The lowest BCUT2D eigenvalue weighted by atomic mass is 9.73. The molecule has 0 spiro atoms. The topological polar surface area (TPSA) is 52.7 Å². The van der Waals surface area contributed by atoms with Crippen LogP contribution in [0.3, 0.4) is 0 Å². The van der Waals surface area contributed by atoms with Crippen LogP contribution >= 0.6 is 0 Å². The Kier molecular flexibility index (Phi) is 8.45. The van der Waals surface area contributed by atoms with Crippen molar-refractivity contribution in [3.63, 3.8) is 0 Å². The van der Waals surface area contributed by atoms with Crippen molar-refractivity contribution in [2.45, 2.75) is 37.3 Å². The van der Waals surface area contributed by atoms with E-state index < -0.39 is 24.0 Å². The smallest absolute Gasteiger partial charge is 0.346 e. The van der Waals surface area contributed by atoms with Crippen LogP contribution in [0.15, 0.2) is 72.8 Å². The molecule has 0 bridgehead atoms. The van der Waals surface area contributed by atoms with E-state index in [1.165, 1.54) is 12.1 Å². The van der Waals surface area contributed by atoms with Crippen LogP contribution in [0.1, 0.15) is 36.0 Å². The molecule has 1 aliphatic heterocycles. The van der Waals surface area contributed by atoms with Gasteiger partial charge in [-0.15, -0.1) is 0 Å². The van der Waals surface area contributed by atoms with Gasteiger partial charge in [-0.25, -0.2) is 4.39 Å². The SMILES string of the molecule is O=C(Cc1cccc(F)c1)N1CCN(CCCCC2(C(=O)NCC(F)(F)F)c3ccccc3-c3ccccc32)CC1. The molecule has 5 rings (SSSR count). The minimum Gasteiger partial charge on any atom is -0.346 e. The van der Waals surface area contributed by atoms with Gasteiger partial charge in [0.1, 0.15) is 17.8 Å². The van der Waals surface area contributed by atoms with Crippen molar-refractivity contribution in [3.05, 3.63) is 95.3 Å². The highest BCUT2D eigenvalue weighted by Gasteiger charge is 2.49. The monoisotopic (exact) mass is 567 g/mol. The van der Waals surface area contributed by atoms with E-state index >= 15 is 0 Å². The summed E-state index contributed by atoms with van der Waals surface area (Å²) in [7, 11) is 0. The van der Waals surface area contributed by atoms with Gasteiger partial charge in [0.25, 0.3) is 0 Å². The zero-order valence-corrected chi connectivity index (χ0v) is 22.7. The number of hydrogen-bond donors (Lipinski definition) is 1. The van der Waals surface area contributed by atoms with Gasteiger partial charge in [0.2, 0.25) is 11.8 Å². The molecule has 2 aliphatic rings. The first-order valence-electron chi connectivity index (χ1n) is 14.0. The number of alkyl halides is 3. The molecule has 1 heterocycles. The highest BCUT2D eigenvalue weighted by molar-refractivity contribution is 6.00. The Hall–Kier alpha value is -3.72. The summed E-state index contributed by atoms with van der Waals surface area (Å²) in [6.07, 6.45) is -2.55. The number of unbranched alkanes of at least 4 members (excludes halogenated alkanes) is 1. The van der Waals surface area contributed by atoms with Crippen LogP contribution in [0.25, 0.3) is 11.1 Å². The number of hydrogen-bond acceptors (Lipinski definition) is 3. The molecule has 0 unspecified atom stereocenters. The fraction of sp³-hybridized carbons (Fsp3) is 0.375. The third-order valence-electron chi connectivity index (χ3n) is 8.15. The van der Waals surface area contributed by atoms with Crippen LogP contribution in [0.4, 0.5) is 17.6 Å². The zero-order valence-electron chi connectivity index (χ0n) is 22.7. The van der Waals surface area contributed by atoms with Crippen molar-refractivity contribution < 1.29 is 27.2 Å². The van der Waals surface area contributed by atoms with E-state index in [1.54, 1.807) is 17.0 Å². The highest BCUT2D eigenvalue weighted by Crippen LogP contribution is 2.51. The number of carbonyl (C=O) groups excluding carboxylic acids is 2. The lowest BCUT2D eigenvalue weighted by Crippen LogP contribution is -2.49.